The monoisotopic (exact) mass is 267 g/mol. The number of nitrogens with one attached hydrogen (secondary N) is 1. The minimum Gasteiger partial charge on any atom is -0.354 e. The second kappa shape index (κ2) is 4.42. The highest BCUT2D eigenvalue weighted by molar-refractivity contribution is 7.19. The van der Waals surface area contributed by atoms with Crippen LogP contribution in [-0.2, 0) is 12.8 Å². The number of nitrogens with zero attached hydrogens (tertiary/aromatic N) is 2. The van der Waals surface area contributed by atoms with E-state index in [0.717, 1.165) is 23.2 Å². The summed E-state index contributed by atoms with van der Waals surface area (Å²) in [5.41, 5.74) is 1.39. The molecule has 0 saturated heterocycles. The standard InChI is InChI=1S/C12H14ClN3S/c1-2-14-12-15-10(13)9-7-5-3-4-6-8(7)17-11(9)16-12/h2-6H2,1H3,(H,14,15,16). The molecule has 0 aliphatic heterocycles. The number of aryl methyl sites for hydroxylation is 2. The van der Waals surface area contributed by atoms with Gasteiger partial charge in [-0.1, -0.05) is 11.6 Å². The molecule has 1 aliphatic carbocycles. The normalized spacial score (nSPS) is 14.9. The molecule has 2 heterocycles. The molecule has 0 radical (unpaired) electrons. The van der Waals surface area contributed by atoms with Crippen LogP contribution in [0.4, 0.5) is 5.95 Å². The van der Waals surface area contributed by atoms with Crippen LogP contribution in [0.25, 0.3) is 10.2 Å². The van der Waals surface area contributed by atoms with E-state index >= 15 is 0 Å². The summed E-state index contributed by atoms with van der Waals surface area (Å²) in [7, 11) is 0. The lowest BCUT2D eigenvalue weighted by Gasteiger charge is -2.10. The van der Waals surface area contributed by atoms with E-state index in [0.29, 0.717) is 11.1 Å². The molecule has 0 spiro atoms. The van der Waals surface area contributed by atoms with E-state index in [2.05, 4.69) is 15.3 Å². The van der Waals surface area contributed by atoms with E-state index in [1.54, 1.807) is 11.3 Å². The third kappa shape index (κ3) is 1.89. The lowest BCUT2D eigenvalue weighted by molar-refractivity contribution is 0.700. The van der Waals surface area contributed by atoms with Gasteiger partial charge in [-0.15, -0.1) is 11.3 Å². The molecule has 2 aromatic heterocycles. The summed E-state index contributed by atoms with van der Waals surface area (Å²) >= 11 is 8.07. The lowest BCUT2D eigenvalue weighted by Crippen LogP contribution is -2.02. The van der Waals surface area contributed by atoms with Crippen LogP contribution in [0.2, 0.25) is 5.15 Å². The molecule has 2 aromatic rings. The van der Waals surface area contributed by atoms with E-state index in [4.69, 9.17) is 11.6 Å². The second-order valence-corrected chi connectivity index (χ2v) is 5.70. The van der Waals surface area contributed by atoms with Crippen molar-refractivity contribution in [2.75, 3.05) is 11.9 Å². The van der Waals surface area contributed by atoms with Crippen LogP contribution >= 0.6 is 22.9 Å². The molecule has 0 unspecified atom stereocenters. The van der Waals surface area contributed by atoms with Crippen molar-refractivity contribution in [2.24, 2.45) is 0 Å². The largest absolute Gasteiger partial charge is 0.354 e. The van der Waals surface area contributed by atoms with Crippen LogP contribution in [0.1, 0.15) is 30.2 Å². The average molecular weight is 268 g/mol. The average Bonchev–Trinajstić information content (AvgIpc) is 2.67. The van der Waals surface area contributed by atoms with Crippen LogP contribution in [0.3, 0.4) is 0 Å². The Hall–Kier alpha value is -0.870. The highest BCUT2D eigenvalue weighted by atomic mass is 35.5. The van der Waals surface area contributed by atoms with E-state index < -0.39 is 0 Å². The Morgan fingerprint density at radius 1 is 1.29 bits per heavy atom. The number of hydrogen-bond acceptors (Lipinski definition) is 4. The van der Waals surface area contributed by atoms with Gasteiger partial charge in [-0.05, 0) is 38.2 Å². The molecule has 1 N–H and O–H groups in total. The van der Waals surface area contributed by atoms with E-state index in [9.17, 15) is 0 Å². The summed E-state index contributed by atoms with van der Waals surface area (Å²) in [6.07, 6.45) is 4.83. The fourth-order valence-electron chi connectivity index (χ4n) is 2.35. The fourth-order valence-corrected chi connectivity index (χ4v) is 3.95. The van der Waals surface area contributed by atoms with Crippen LogP contribution < -0.4 is 5.32 Å². The van der Waals surface area contributed by atoms with Crippen LogP contribution in [0.15, 0.2) is 0 Å². The molecule has 0 fully saturated rings. The van der Waals surface area contributed by atoms with Crippen molar-refractivity contribution in [3.05, 3.63) is 15.6 Å². The van der Waals surface area contributed by atoms with Gasteiger partial charge in [-0.25, -0.2) is 9.97 Å². The predicted octanol–water partition coefficient (Wildman–Crippen LogP) is 3.66. The Kier molecular flexibility index (Phi) is 2.92. The van der Waals surface area contributed by atoms with E-state index in [1.165, 1.54) is 29.7 Å². The Bertz CT molecular complexity index is 564. The first kappa shape index (κ1) is 11.2. The summed E-state index contributed by atoms with van der Waals surface area (Å²) in [5, 5.41) is 4.81. The number of aromatic nitrogens is 2. The van der Waals surface area contributed by atoms with Crippen molar-refractivity contribution in [1.29, 1.82) is 0 Å². The van der Waals surface area contributed by atoms with Gasteiger partial charge in [0, 0.05) is 11.4 Å². The zero-order valence-corrected chi connectivity index (χ0v) is 11.3. The Balaban J connectivity index is 2.19. The summed E-state index contributed by atoms with van der Waals surface area (Å²) in [4.78, 5) is 11.4. The fraction of sp³-hybridized carbons (Fsp3) is 0.500. The van der Waals surface area contributed by atoms with Crippen molar-refractivity contribution in [1.82, 2.24) is 9.97 Å². The maximum Gasteiger partial charge on any atom is 0.225 e. The van der Waals surface area contributed by atoms with Crippen molar-refractivity contribution in [2.45, 2.75) is 32.6 Å². The van der Waals surface area contributed by atoms with Gasteiger partial charge < -0.3 is 5.32 Å². The minimum atomic E-state index is 0.602. The Morgan fingerprint density at radius 2 is 2.12 bits per heavy atom. The zero-order chi connectivity index (χ0) is 11.8. The van der Waals surface area contributed by atoms with Gasteiger partial charge >= 0.3 is 0 Å². The van der Waals surface area contributed by atoms with E-state index in [1.807, 2.05) is 6.92 Å². The molecule has 3 nitrogen and oxygen atoms in total. The first-order valence-corrected chi connectivity index (χ1v) is 7.20. The Labute approximate surface area is 109 Å². The summed E-state index contributed by atoms with van der Waals surface area (Å²) < 4.78 is 0. The summed E-state index contributed by atoms with van der Waals surface area (Å²) in [6.45, 7) is 2.84. The molecular formula is C12H14ClN3S. The molecule has 0 bridgehead atoms. The second-order valence-electron chi connectivity index (χ2n) is 4.26. The molecule has 3 rings (SSSR count). The number of rotatable bonds is 2. The molecule has 5 heteroatoms. The van der Waals surface area contributed by atoms with Gasteiger partial charge in [0.2, 0.25) is 5.95 Å². The number of halogens is 1. The van der Waals surface area contributed by atoms with Crippen molar-refractivity contribution < 1.29 is 0 Å². The third-order valence-corrected chi connectivity index (χ3v) is 4.56. The van der Waals surface area contributed by atoms with Crippen molar-refractivity contribution in [3.63, 3.8) is 0 Å². The summed E-state index contributed by atoms with van der Waals surface area (Å²) in [6, 6.07) is 0. The zero-order valence-electron chi connectivity index (χ0n) is 9.72. The quantitative estimate of drug-likeness (QED) is 0.844. The maximum absolute atomic E-state index is 6.29. The van der Waals surface area contributed by atoms with Crippen molar-refractivity contribution >= 4 is 39.1 Å². The topological polar surface area (TPSA) is 37.8 Å². The summed E-state index contributed by atoms with van der Waals surface area (Å²) in [5.74, 6) is 0.642. The smallest absolute Gasteiger partial charge is 0.225 e. The van der Waals surface area contributed by atoms with E-state index in [-0.39, 0.29) is 0 Å². The molecule has 0 aromatic carbocycles. The highest BCUT2D eigenvalue weighted by Gasteiger charge is 2.20. The lowest BCUT2D eigenvalue weighted by atomic mass is 9.97. The van der Waals surface area contributed by atoms with Gasteiger partial charge in [0.1, 0.15) is 9.98 Å². The number of fused-ring (bicyclic) bond motifs is 3. The molecule has 0 saturated carbocycles. The van der Waals surface area contributed by atoms with Gasteiger partial charge in [0.25, 0.3) is 0 Å². The van der Waals surface area contributed by atoms with Crippen LogP contribution in [-0.4, -0.2) is 16.5 Å². The molecule has 90 valence electrons. The molecule has 1 aliphatic rings. The van der Waals surface area contributed by atoms with Gasteiger partial charge in [0.15, 0.2) is 0 Å². The molecule has 0 amide bonds. The van der Waals surface area contributed by atoms with Gasteiger partial charge in [-0.3, -0.25) is 0 Å². The predicted molar refractivity (Wildman–Crippen MR) is 73.2 cm³/mol. The van der Waals surface area contributed by atoms with Crippen LogP contribution in [0, 0.1) is 0 Å². The molecule has 0 atom stereocenters. The SMILES string of the molecule is CCNc1nc(Cl)c2c3c(sc2n1)CCCC3. The maximum atomic E-state index is 6.29. The van der Waals surface area contributed by atoms with Gasteiger partial charge in [0.05, 0.1) is 5.39 Å². The first-order valence-electron chi connectivity index (χ1n) is 6.01. The molecular weight excluding hydrogens is 254 g/mol. The minimum absolute atomic E-state index is 0.602. The Morgan fingerprint density at radius 3 is 2.94 bits per heavy atom. The van der Waals surface area contributed by atoms with Crippen LogP contribution in [0.5, 0.6) is 0 Å². The number of thiophene rings is 1. The van der Waals surface area contributed by atoms with Gasteiger partial charge in [-0.2, -0.15) is 0 Å². The molecule has 17 heavy (non-hydrogen) atoms. The first-order chi connectivity index (χ1) is 8.29. The number of hydrogen-bond donors (Lipinski definition) is 1. The highest BCUT2D eigenvalue weighted by Crippen LogP contribution is 2.38. The number of anilines is 1. The van der Waals surface area contributed by atoms with Crippen molar-refractivity contribution in [3.8, 4) is 0 Å². The third-order valence-electron chi connectivity index (χ3n) is 3.11.